The molecule has 0 amide bonds. The van der Waals surface area contributed by atoms with E-state index in [4.69, 9.17) is 5.84 Å². The summed E-state index contributed by atoms with van der Waals surface area (Å²) in [6.07, 6.45) is 0. The zero-order chi connectivity index (χ0) is 15.7. The molecule has 2 rings (SSSR count). The topological polar surface area (TPSA) is 38.0 Å². The maximum atomic E-state index is 13.9. The van der Waals surface area contributed by atoms with Crippen molar-refractivity contribution in [3.05, 3.63) is 69.0 Å². The van der Waals surface area contributed by atoms with Crippen LogP contribution in [0.25, 0.3) is 0 Å². The van der Waals surface area contributed by atoms with E-state index in [-0.39, 0.29) is 4.47 Å². The molecule has 0 aliphatic heterocycles. The molecule has 0 spiro atoms. The average molecular weight is 367 g/mol. The molecular weight excluding hydrogens is 359 g/mol. The maximum absolute atomic E-state index is 13.9. The van der Waals surface area contributed by atoms with Gasteiger partial charge in [0.25, 0.3) is 0 Å². The van der Waals surface area contributed by atoms with Gasteiger partial charge in [-0.25, -0.2) is 27.4 Å². The second-order valence-corrected chi connectivity index (χ2v) is 5.06. The van der Waals surface area contributed by atoms with Gasteiger partial charge in [0.2, 0.25) is 0 Å². The zero-order valence-corrected chi connectivity index (χ0v) is 11.8. The van der Waals surface area contributed by atoms with Gasteiger partial charge < -0.3 is 0 Å². The van der Waals surface area contributed by atoms with Crippen molar-refractivity contribution >= 4 is 15.9 Å². The van der Waals surface area contributed by atoms with Crippen LogP contribution >= 0.6 is 15.9 Å². The molecule has 1 atom stereocenters. The molecule has 112 valence electrons. The minimum Gasteiger partial charge on any atom is -0.271 e. The van der Waals surface area contributed by atoms with Gasteiger partial charge in [0.15, 0.2) is 17.5 Å². The molecule has 0 aromatic heterocycles. The van der Waals surface area contributed by atoms with Crippen LogP contribution in [0, 0.1) is 29.1 Å². The Morgan fingerprint density at radius 3 is 2.00 bits per heavy atom. The highest BCUT2D eigenvalue weighted by Gasteiger charge is 2.26. The summed E-state index contributed by atoms with van der Waals surface area (Å²) in [5.74, 6) is -1.57. The Hall–Kier alpha value is -1.51. The van der Waals surface area contributed by atoms with Gasteiger partial charge in [-0.1, -0.05) is 22.0 Å². The summed E-state index contributed by atoms with van der Waals surface area (Å²) < 4.78 is 67.8. The van der Waals surface area contributed by atoms with E-state index in [0.29, 0.717) is 6.07 Å². The largest absolute Gasteiger partial charge is 0.271 e. The van der Waals surface area contributed by atoms with Crippen molar-refractivity contribution < 1.29 is 22.0 Å². The quantitative estimate of drug-likeness (QED) is 0.376. The molecule has 2 aromatic carbocycles. The first-order chi connectivity index (χ1) is 9.86. The smallest absolute Gasteiger partial charge is 0.194 e. The van der Waals surface area contributed by atoms with E-state index < -0.39 is 46.3 Å². The fraction of sp³-hybridized carbons (Fsp3) is 0.0769. The van der Waals surface area contributed by atoms with Gasteiger partial charge >= 0.3 is 0 Å². The Morgan fingerprint density at radius 2 is 1.48 bits per heavy atom. The van der Waals surface area contributed by atoms with Crippen molar-refractivity contribution in [3.8, 4) is 0 Å². The molecule has 2 nitrogen and oxygen atoms in total. The molecule has 0 fully saturated rings. The number of nitrogens with one attached hydrogen (secondary N) is 1. The van der Waals surface area contributed by atoms with Crippen LogP contribution in [0.15, 0.2) is 28.7 Å². The van der Waals surface area contributed by atoms with E-state index in [9.17, 15) is 22.0 Å². The summed E-state index contributed by atoms with van der Waals surface area (Å²) in [6.45, 7) is 0. The second-order valence-electron chi connectivity index (χ2n) is 4.15. The number of benzene rings is 2. The predicted octanol–water partition coefficient (Wildman–Crippen LogP) is 3.70. The van der Waals surface area contributed by atoms with Crippen molar-refractivity contribution in [2.24, 2.45) is 5.84 Å². The Bertz CT molecular complexity index is 669. The van der Waals surface area contributed by atoms with Gasteiger partial charge in [0, 0.05) is 15.6 Å². The third kappa shape index (κ3) is 2.92. The monoisotopic (exact) mass is 366 g/mol. The van der Waals surface area contributed by atoms with Crippen LogP contribution in [0.2, 0.25) is 0 Å². The number of rotatable bonds is 3. The summed E-state index contributed by atoms with van der Waals surface area (Å²) in [5.41, 5.74) is 0.876. The summed E-state index contributed by atoms with van der Waals surface area (Å²) in [4.78, 5) is 0. The normalized spacial score (nSPS) is 12.5. The second kappa shape index (κ2) is 6.08. The summed E-state index contributed by atoms with van der Waals surface area (Å²) >= 11 is 2.89. The molecular formula is C13H8BrF5N2. The molecule has 21 heavy (non-hydrogen) atoms. The molecule has 0 aliphatic rings. The van der Waals surface area contributed by atoms with Crippen LogP contribution in [0.1, 0.15) is 17.2 Å². The van der Waals surface area contributed by atoms with E-state index in [1.54, 1.807) is 0 Å². The average Bonchev–Trinajstić information content (AvgIpc) is 2.41. The van der Waals surface area contributed by atoms with Crippen molar-refractivity contribution in [1.82, 2.24) is 5.43 Å². The molecule has 0 bridgehead atoms. The summed E-state index contributed by atoms with van der Waals surface area (Å²) in [6, 6.07) is 1.88. The van der Waals surface area contributed by atoms with E-state index >= 15 is 0 Å². The fourth-order valence-corrected chi connectivity index (χ4v) is 2.32. The van der Waals surface area contributed by atoms with Gasteiger partial charge in [-0.15, -0.1) is 0 Å². The van der Waals surface area contributed by atoms with Gasteiger partial charge in [-0.3, -0.25) is 5.84 Å². The number of nitrogens with two attached hydrogens (primary N) is 1. The Kier molecular flexibility index (Phi) is 4.60. The van der Waals surface area contributed by atoms with Crippen LogP contribution in [0.5, 0.6) is 0 Å². The number of hydrogen-bond acceptors (Lipinski definition) is 2. The van der Waals surface area contributed by atoms with Crippen LogP contribution in [-0.2, 0) is 0 Å². The van der Waals surface area contributed by atoms with Gasteiger partial charge in [0.05, 0.1) is 6.04 Å². The van der Waals surface area contributed by atoms with E-state index in [1.807, 2.05) is 5.43 Å². The number of halogens is 6. The van der Waals surface area contributed by atoms with Crippen molar-refractivity contribution in [2.75, 3.05) is 0 Å². The minimum absolute atomic E-state index is 0.128. The molecule has 0 heterocycles. The molecule has 1 unspecified atom stereocenters. The maximum Gasteiger partial charge on any atom is 0.194 e. The third-order valence-corrected chi connectivity index (χ3v) is 3.33. The number of hydrazine groups is 1. The van der Waals surface area contributed by atoms with E-state index in [2.05, 4.69) is 15.9 Å². The third-order valence-electron chi connectivity index (χ3n) is 2.88. The molecule has 2 aromatic rings. The first-order valence-corrected chi connectivity index (χ1v) is 6.40. The Balaban J connectivity index is 2.64. The lowest BCUT2D eigenvalue weighted by Gasteiger charge is -2.19. The van der Waals surface area contributed by atoms with Crippen LogP contribution < -0.4 is 11.3 Å². The first kappa shape index (κ1) is 15.9. The fourth-order valence-electron chi connectivity index (χ4n) is 1.92. The van der Waals surface area contributed by atoms with Crippen molar-refractivity contribution in [1.29, 1.82) is 0 Å². The lowest BCUT2D eigenvalue weighted by molar-refractivity contribution is 0.428. The van der Waals surface area contributed by atoms with Crippen LogP contribution in [0.4, 0.5) is 22.0 Å². The lowest BCUT2D eigenvalue weighted by Crippen LogP contribution is -2.31. The highest BCUT2D eigenvalue weighted by Crippen LogP contribution is 2.31. The summed E-state index contributed by atoms with van der Waals surface area (Å²) in [7, 11) is 0. The highest BCUT2D eigenvalue weighted by molar-refractivity contribution is 9.10. The first-order valence-electron chi connectivity index (χ1n) is 5.60. The highest BCUT2D eigenvalue weighted by atomic mass is 79.9. The SMILES string of the molecule is NNC(c1ccc(F)c(F)c1F)c1c(F)cc(Br)cc1F. The zero-order valence-electron chi connectivity index (χ0n) is 10.2. The van der Waals surface area contributed by atoms with Crippen LogP contribution in [-0.4, -0.2) is 0 Å². The number of hydrogen-bond donors (Lipinski definition) is 2. The summed E-state index contributed by atoms with van der Waals surface area (Å²) in [5, 5.41) is 0. The molecule has 3 N–H and O–H groups in total. The standard InChI is InChI=1S/C13H8BrF5N2/c14-5-3-8(16)10(9(17)4-5)13(21-20)6-1-2-7(15)12(19)11(6)18/h1-4,13,21H,20H2. The van der Waals surface area contributed by atoms with Gasteiger partial charge in [-0.2, -0.15) is 0 Å². The molecule has 0 radical (unpaired) electrons. The van der Waals surface area contributed by atoms with Gasteiger partial charge in [0.1, 0.15) is 11.6 Å². The Morgan fingerprint density at radius 1 is 0.905 bits per heavy atom. The van der Waals surface area contributed by atoms with Crippen molar-refractivity contribution in [2.45, 2.75) is 6.04 Å². The molecule has 0 saturated carbocycles. The van der Waals surface area contributed by atoms with E-state index in [1.165, 1.54) is 0 Å². The van der Waals surface area contributed by atoms with Gasteiger partial charge in [-0.05, 0) is 18.2 Å². The minimum atomic E-state index is -1.74. The van der Waals surface area contributed by atoms with E-state index in [0.717, 1.165) is 18.2 Å². The Labute approximate surface area is 124 Å². The molecule has 0 aliphatic carbocycles. The van der Waals surface area contributed by atoms with Crippen LogP contribution in [0.3, 0.4) is 0 Å². The van der Waals surface area contributed by atoms with Crippen molar-refractivity contribution in [3.63, 3.8) is 0 Å². The predicted molar refractivity (Wildman–Crippen MR) is 69.5 cm³/mol. The molecule has 0 saturated heterocycles. The molecule has 8 heteroatoms. The lowest BCUT2D eigenvalue weighted by atomic mass is 9.97.